The number of carbonyl (C=O) groups is 1. The predicted octanol–water partition coefficient (Wildman–Crippen LogP) is 2.13. The molecule has 1 fully saturated rings. The van der Waals surface area contributed by atoms with Gasteiger partial charge in [-0.25, -0.2) is 4.79 Å². The van der Waals surface area contributed by atoms with Crippen molar-refractivity contribution in [3.05, 3.63) is 35.5 Å². The fraction of sp³-hybridized carbons (Fsp3) is 0.400. The molecule has 0 aliphatic carbocycles. The third-order valence-corrected chi connectivity index (χ3v) is 3.78. The molecule has 0 bridgehead atoms. The highest BCUT2D eigenvalue weighted by Crippen LogP contribution is 2.22. The lowest BCUT2D eigenvalue weighted by Crippen LogP contribution is -2.20. The topological polar surface area (TPSA) is 71.2 Å². The van der Waals surface area contributed by atoms with Crippen molar-refractivity contribution in [2.75, 3.05) is 18.0 Å². The molecule has 6 nitrogen and oxygen atoms in total. The Labute approximate surface area is 123 Å². The number of hydrogen-bond acceptors (Lipinski definition) is 4. The second-order valence-corrected chi connectivity index (χ2v) is 5.18. The number of benzene rings is 1. The molecule has 0 spiro atoms. The van der Waals surface area contributed by atoms with E-state index in [4.69, 9.17) is 0 Å². The van der Waals surface area contributed by atoms with E-state index in [1.54, 1.807) is 0 Å². The minimum Gasteiger partial charge on any atom is -0.476 e. The minimum atomic E-state index is -1.03. The van der Waals surface area contributed by atoms with Gasteiger partial charge in [0.15, 0.2) is 5.82 Å². The molecule has 2 heterocycles. The van der Waals surface area contributed by atoms with Crippen molar-refractivity contribution < 1.29 is 9.90 Å². The number of rotatable bonds is 4. The average molecular weight is 286 g/mol. The number of hydrogen-bond donors (Lipinski definition) is 1. The zero-order chi connectivity index (χ0) is 14.8. The van der Waals surface area contributed by atoms with E-state index in [-0.39, 0.29) is 5.69 Å². The summed E-state index contributed by atoms with van der Waals surface area (Å²) in [4.78, 5) is 14.8. The molecule has 1 saturated heterocycles. The highest BCUT2D eigenvalue weighted by molar-refractivity contribution is 5.91. The van der Waals surface area contributed by atoms with E-state index in [0.717, 1.165) is 38.0 Å². The Morgan fingerprint density at radius 1 is 1.19 bits per heavy atom. The van der Waals surface area contributed by atoms with Gasteiger partial charge in [-0.15, -0.1) is 15.0 Å². The Balaban J connectivity index is 1.98. The fourth-order valence-electron chi connectivity index (χ4n) is 2.56. The van der Waals surface area contributed by atoms with Crippen LogP contribution in [-0.4, -0.2) is 39.2 Å². The van der Waals surface area contributed by atoms with Crippen molar-refractivity contribution in [3.63, 3.8) is 0 Å². The van der Waals surface area contributed by atoms with Gasteiger partial charge < -0.3 is 10.0 Å². The highest BCUT2D eigenvalue weighted by Gasteiger charge is 2.25. The molecule has 1 aromatic heterocycles. The van der Waals surface area contributed by atoms with Gasteiger partial charge >= 0.3 is 5.97 Å². The summed E-state index contributed by atoms with van der Waals surface area (Å²) in [7, 11) is 0. The van der Waals surface area contributed by atoms with E-state index in [9.17, 15) is 9.90 Å². The molecule has 6 heteroatoms. The van der Waals surface area contributed by atoms with Crippen LogP contribution < -0.4 is 4.90 Å². The monoisotopic (exact) mass is 286 g/mol. The van der Waals surface area contributed by atoms with Gasteiger partial charge in [-0.2, -0.15) is 0 Å². The molecule has 0 radical (unpaired) electrons. The van der Waals surface area contributed by atoms with E-state index >= 15 is 0 Å². The Morgan fingerprint density at radius 3 is 2.43 bits per heavy atom. The van der Waals surface area contributed by atoms with Gasteiger partial charge in [0.25, 0.3) is 0 Å². The molecular weight excluding hydrogens is 268 g/mol. The maximum Gasteiger partial charge on any atom is 0.360 e. The quantitative estimate of drug-likeness (QED) is 0.932. The summed E-state index contributed by atoms with van der Waals surface area (Å²) in [5.74, 6) is -0.562. The normalized spacial score (nSPS) is 14.6. The number of carboxylic acid groups (broad SMARTS) is 1. The number of aryl methyl sites for hydroxylation is 1. The van der Waals surface area contributed by atoms with Crippen LogP contribution in [0.2, 0.25) is 0 Å². The van der Waals surface area contributed by atoms with Gasteiger partial charge in [0.2, 0.25) is 5.69 Å². The first-order valence-electron chi connectivity index (χ1n) is 7.24. The number of nitrogens with zero attached hydrogens (tertiary/aromatic N) is 4. The molecule has 0 saturated carbocycles. The minimum absolute atomic E-state index is 0.0245. The molecule has 3 rings (SSSR count). The van der Waals surface area contributed by atoms with Crippen LogP contribution in [0.15, 0.2) is 24.3 Å². The molecule has 1 aliphatic rings. The molecule has 110 valence electrons. The first-order valence-corrected chi connectivity index (χ1v) is 7.24. The van der Waals surface area contributed by atoms with E-state index in [2.05, 4.69) is 17.1 Å². The number of carboxylic acids is 1. The first kappa shape index (κ1) is 13.6. The van der Waals surface area contributed by atoms with Crippen LogP contribution in [0.25, 0.3) is 5.69 Å². The largest absolute Gasteiger partial charge is 0.476 e. The Morgan fingerprint density at radius 2 is 1.86 bits per heavy atom. The number of anilines is 1. The van der Waals surface area contributed by atoms with E-state index in [1.165, 1.54) is 10.4 Å². The summed E-state index contributed by atoms with van der Waals surface area (Å²) in [6.07, 6.45) is 3.10. The maximum absolute atomic E-state index is 11.4. The Kier molecular flexibility index (Phi) is 3.60. The van der Waals surface area contributed by atoms with Crippen LogP contribution in [0.4, 0.5) is 5.82 Å². The Hall–Kier alpha value is -2.37. The molecule has 1 aliphatic heterocycles. The summed E-state index contributed by atoms with van der Waals surface area (Å²) in [5.41, 5.74) is 2.03. The molecule has 2 aromatic rings. The lowest BCUT2D eigenvalue weighted by Gasteiger charge is -2.13. The van der Waals surface area contributed by atoms with E-state index < -0.39 is 5.97 Å². The summed E-state index contributed by atoms with van der Waals surface area (Å²) in [6.45, 7) is 3.77. The third-order valence-electron chi connectivity index (χ3n) is 3.78. The molecule has 0 atom stereocenters. The van der Waals surface area contributed by atoms with Crippen molar-refractivity contribution in [2.45, 2.75) is 26.2 Å². The van der Waals surface area contributed by atoms with Crippen LogP contribution in [0.1, 0.15) is 35.8 Å². The van der Waals surface area contributed by atoms with Gasteiger partial charge in [0.1, 0.15) is 0 Å². The van der Waals surface area contributed by atoms with Gasteiger partial charge in [-0.1, -0.05) is 19.1 Å². The summed E-state index contributed by atoms with van der Waals surface area (Å²) in [6, 6.07) is 7.85. The highest BCUT2D eigenvalue weighted by atomic mass is 16.4. The van der Waals surface area contributed by atoms with Crippen molar-refractivity contribution in [3.8, 4) is 5.69 Å². The second kappa shape index (κ2) is 5.55. The summed E-state index contributed by atoms with van der Waals surface area (Å²) >= 11 is 0. The molecule has 0 unspecified atom stereocenters. The summed E-state index contributed by atoms with van der Waals surface area (Å²) < 4.78 is 0. The first-order chi connectivity index (χ1) is 10.2. The van der Waals surface area contributed by atoms with Gasteiger partial charge in [0.05, 0.1) is 5.69 Å². The summed E-state index contributed by atoms with van der Waals surface area (Å²) in [5, 5.41) is 17.9. The van der Waals surface area contributed by atoms with Gasteiger partial charge in [0, 0.05) is 13.1 Å². The Bertz CT molecular complexity index is 642. The predicted molar refractivity (Wildman–Crippen MR) is 79.1 cm³/mol. The van der Waals surface area contributed by atoms with Crippen LogP contribution in [-0.2, 0) is 6.42 Å². The van der Waals surface area contributed by atoms with Crippen molar-refractivity contribution in [1.82, 2.24) is 15.0 Å². The molecule has 1 N–H and O–H groups in total. The van der Waals surface area contributed by atoms with Crippen LogP contribution >= 0.6 is 0 Å². The van der Waals surface area contributed by atoms with Gasteiger partial charge in [-0.3, -0.25) is 0 Å². The molecule has 21 heavy (non-hydrogen) atoms. The van der Waals surface area contributed by atoms with E-state index in [1.807, 2.05) is 29.2 Å². The second-order valence-electron chi connectivity index (χ2n) is 5.18. The van der Waals surface area contributed by atoms with Crippen LogP contribution in [0.5, 0.6) is 0 Å². The zero-order valence-electron chi connectivity index (χ0n) is 12.0. The van der Waals surface area contributed by atoms with Crippen molar-refractivity contribution in [1.29, 1.82) is 0 Å². The van der Waals surface area contributed by atoms with Crippen LogP contribution in [0, 0.1) is 0 Å². The zero-order valence-corrected chi connectivity index (χ0v) is 12.0. The SMILES string of the molecule is CCc1ccc(-n2nc(C(=O)O)c(N3CCCC3)n2)cc1. The smallest absolute Gasteiger partial charge is 0.360 e. The standard InChI is InChI=1S/C15H18N4O2/c1-2-11-5-7-12(8-6-11)19-16-13(15(20)21)14(17-19)18-9-3-4-10-18/h5-8H,2-4,9-10H2,1H3,(H,20,21). The van der Waals surface area contributed by atoms with Gasteiger partial charge in [-0.05, 0) is 37.0 Å². The van der Waals surface area contributed by atoms with Crippen molar-refractivity contribution >= 4 is 11.8 Å². The fourth-order valence-corrected chi connectivity index (χ4v) is 2.56. The number of aromatic nitrogens is 3. The molecule has 0 amide bonds. The maximum atomic E-state index is 11.4. The van der Waals surface area contributed by atoms with Crippen LogP contribution in [0.3, 0.4) is 0 Å². The lowest BCUT2D eigenvalue weighted by atomic mass is 10.2. The van der Waals surface area contributed by atoms with Crippen molar-refractivity contribution in [2.24, 2.45) is 0 Å². The molecule has 1 aromatic carbocycles. The number of aromatic carboxylic acids is 1. The third kappa shape index (κ3) is 2.61. The molecular formula is C15H18N4O2. The lowest BCUT2D eigenvalue weighted by molar-refractivity contribution is 0.0690. The average Bonchev–Trinajstić information content (AvgIpc) is 3.16. The van der Waals surface area contributed by atoms with E-state index in [0.29, 0.717) is 5.82 Å².